The molecule has 2 heterocycles. The van der Waals surface area contributed by atoms with E-state index in [2.05, 4.69) is 15.2 Å². The van der Waals surface area contributed by atoms with Gasteiger partial charge in [-0.1, -0.05) is 0 Å². The molecule has 0 aromatic carbocycles. The molecule has 7 heteroatoms. The van der Waals surface area contributed by atoms with E-state index in [1.807, 2.05) is 0 Å². The maximum Gasteiger partial charge on any atom is 0.291 e. The monoisotopic (exact) mass is 197 g/mol. The lowest BCUT2D eigenvalue weighted by Gasteiger charge is -2.43. The van der Waals surface area contributed by atoms with E-state index in [1.165, 1.54) is 4.90 Å². The van der Waals surface area contributed by atoms with Crippen LogP contribution in [0.1, 0.15) is 17.5 Å². The summed E-state index contributed by atoms with van der Waals surface area (Å²) in [5.41, 5.74) is 4.48. The Hall–Kier alpha value is -1.63. The van der Waals surface area contributed by atoms with Crippen molar-refractivity contribution >= 4 is 11.9 Å². The van der Waals surface area contributed by atoms with Crippen molar-refractivity contribution in [2.45, 2.75) is 12.5 Å². The smallest absolute Gasteiger partial charge is 0.291 e. The van der Waals surface area contributed by atoms with Crippen LogP contribution in [0.3, 0.4) is 0 Å². The molecular formula is C7H11N5O2. The second-order valence-corrected chi connectivity index (χ2v) is 3.70. The zero-order valence-electron chi connectivity index (χ0n) is 7.69. The average molecular weight is 197 g/mol. The first kappa shape index (κ1) is 8.95. The fourth-order valence-corrected chi connectivity index (χ4v) is 1.44. The van der Waals surface area contributed by atoms with E-state index in [4.69, 9.17) is 5.73 Å². The molecule has 4 N–H and O–H groups in total. The van der Waals surface area contributed by atoms with Crippen LogP contribution in [0.25, 0.3) is 0 Å². The third-order valence-electron chi connectivity index (χ3n) is 2.06. The highest BCUT2D eigenvalue weighted by atomic mass is 16.3. The van der Waals surface area contributed by atoms with Crippen LogP contribution in [-0.2, 0) is 0 Å². The number of nitrogen functional groups attached to an aromatic ring is 1. The van der Waals surface area contributed by atoms with Gasteiger partial charge in [-0.2, -0.15) is 4.98 Å². The van der Waals surface area contributed by atoms with Crippen molar-refractivity contribution in [1.29, 1.82) is 0 Å². The van der Waals surface area contributed by atoms with Gasteiger partial charge in [0.05, 0.1) is 18.7 Å². The Bertz CT molecular complexity index is 364. The molecule has 0 spiro atoms. The summed E-state index contributed by atoms with van der Waals surface area (Å²) >= 11 is 0. The van der Waals surface area contributed by atoms with Gasteiger partial charge in [0.15, 0.2) is 0 Å². The number of aliphatic hydroxyl groups is 1. The number of carbonyl (C=O) groups excluding carboxylic acids is 1. The highest BCUT2D eigenvalue weighted by Gasteiger charge is 2.40. The van der Waals surface area contributed by atoms with E-state index in [9.17, 15) is 9.90 Å². The number of hydrogen-bond acceptors (Lipinski definition) is 5. The third kappa shape index (κ3) is 1.41. The molecule has 0 aliphatic carbocycles. The normalized spacial score (nSPS) is 19.1. The maximum absolute atomic E-state index is 11.6. The zero-order chi connectivity index (χ0) is 10.3. The number of nitrogens with one attached hydrogen (secondary N) is 1. The summed E-state index contributed by atoms with van der Waals surface area (Å²) in [5, 5.41) is 15.4. The molecule has 1 aliphatic rings. The van der Waals surface area contributed by atoms with E-state index in [0.717, 1.165) is 0 Å². The van der Waals surface area contributed by atoms with Gasteiger partial charge in [-0.15, -0.1) is 5.10 Å². The van der Waals surface area contributed by atoms with Crippen LogP contribution in [0.2, 0.25) is 0 Å². The molecule has 0 unspecified atom stereocenters. The first-order valence-corrected chi connectivity index (χ1v) is 4.17. The lowest BCUT2D eigenvalue weighted by atomic mass is 9.97. The minimum atomic E-state index is -0.777. The van der Waals surface area contributed by atoms with Crippen molar-refractivity contribution in [1.82, 2.24) is 20.1 Å². The number of carbonyl (C=O) groups is 1. The maximum atomic E-state index is 11.6. The number of β-amino-alcohol motifs (C(OH)–C–C–N with tert-alkyl or cyclic N) is 1. The van der Waals surface area contributed by atoms with Gasteiger partial charge in [0.25, 0.3) is 5.91 Å². The summed E-state index contributed by atoms with van der Waals surface area (Å²) in [6, 6.07) is 0. The van der Waals surface area contributed by atoms with Gasteiger partial charge in [0.2, 0.25) is 11.8 Å². The number of nitrogens with two attached hydrogens (primary N) is 1. The van der Waals surface area contributed by atoms with E-state index in [1.54, 1.807) is 6.92 Å². The molecule has 0 radical (unpaired) electrons. The number of rotatable bonds is 1. The van der Waals surface area contributed by atoms with Crippen molar-refractivity contribution in [3.63, 3.8) is 0 Å². The zero-order valence-corrected chi connectivity index (χ0v) is 7.69. The Morgan fingerprint density at radius 1 is 1.71 bits per heavy atom. The molecule has 7 nitrogen and oxygen atoms in total. The second-order valence-electron chi connectivity index (χ2n) is 3.70. The number of amides is 1. The van der Waals surface area contributed by atoms with Crippen molar-refractivity contribution < 1.29 is 9.90 Å². The molecule has 1 fully saturated rings. The molecule has 0 saturated carbocycles. The van der Waals surface area contributed by atoms with Crippen LogP contribution < -0.4 is 5.73 Å². The molecule has 1 amide bonds. The highest BCUT2D eigenvalue weighted by molar-refractivity contribution is 5.91. The quantitative estimate of drug-likeness (QED) is 0.512. The molecule has 0 bridgehead atoms. The van der Waals surface area contributed by atoms with Crippen LogP contribution in [0.4, 0.5) is 5.95 Å². The first-order chi connectivity index (χ1) is 6.48. The number of H-pyrrole nitrogens is 1. The van der Waals surface area contributed by atoms with E-state index in [-0.39, 0.29) is 17.7 Å². The van der Waals surface area contributed by atoms with Gasteiger partial charge in [0, 0.05) is 0 Å². The molecule has 1 saturated heterocycles. The molecule has 2 rings (SSSR count). The lowest BCUT2D eigenvalue weighted by molar-refractivity contribution is -0.0672. The van der Waals surface area contributed by atoms with Gasteiger partial charge in [-0.05, 0) is 6.92 Å². The van der Waals surface area contributed by atoms with Crippen LogP contribution in [0.15, 0.2) is 0 Å². The van der Waals surface area contributed by atoms with E-state index in [0.29, 0.717) is 13.1 Å². The van der Waals surface area contributed by atoms with Crippen molar-refractivity contribution in [3.8, 4) is 0 Å². The molecular weight excluding hydrogens is 186 g/mol. The Labute approximate surface area is 79.9 Å². The lowest BCUT2D eigenvalue weighted by Crippen LogP contribution is -2.61. The van der Waals surface area contributed by atoms with Gasteiger partial charge < -0.3 is 15.7 Å². The first-order valence-electron chi connectivity index (χ1n) is 4.17. The second kappa shape index (κ2) is 2.68. The summed E-state index contributed by atoms with van der Waals surface area (Å²) in [6.45, 7) is 2.30. The molecule has 1 aromatic heterocycles. The summed E-state index contributed by atoms with van der Waals surface area (Å²) in [4.78, 5) is 16.7. The number of aromatic nitrogens is 3. The number of hydrogen-bond donors (Lipinski definition) is 3. The predicted molar refractivity (Wildman–Crippen MR) is 47.3 cm³/mol. The molecule has 0 atom stereocenters. The minimum absolute atomic E-state index is 0.0423. The Balaban J connectivity index is 2.04. The predicted octanol–water partition coefficient (Wildman–Crippen LogP) is -1.41. The molecule has 14 heavy (non-hydrogen) atoms. The van der Waals surface area contributed by atoms with Crippen LogP contribution in [-0.4, -0.2) is 49.8 Å². The van der Waals surface area contributed by atoms with Gasteiger partial charge in [0.1, 0.15) is 0 Å². The third-order valence-corrected chi connectivity index (χ3v) is 2.06. The SMILES string of the molecule is CC1(O)CN(C(=O)c2nc(N)n[nH]2)C1. The minimum Gasteiger partial charge on any atom is -0.386 e. The Kier molecular flexibility index (Phi) is 1.71. The molecule has 76 valence electrons. The summed E-state index contributed by atoms with van der Waals surface area (Å²) in [5.74, 6) is -0.139. The van der Waals surface area contributed by atoms with E-state index < -0.39 is 5.60 Å². The Morgan fingerprint density at radius 2 is 2.36 bits per heavy atom. The highest BCUT2D eigenvalue weighted by Crippen LogP contribution is 2.20. The average Bonchev–Trinajstić information content (AvgIpc) is 2.46. The van der Waals surface area contributed by atoms with Crippen molar-refractivity contribution in [2.24, 2.45) is 0 Å². The Morgan fingerprint density at radius 3 is 2.79 bits per heavy atom. The van der Waals surface area contributed by atoms with Crippen molar-refractivity contribution in [3.05, 3.63) is 5.82 Å². The van der Waals surface area contributed by atoms with Crippen molar-refractivity contribution in [2.75, 3.05) is 18.8 Å². The van der Waals surface area contributed by atoms with Gasteiger partial charge in [-0.3, -0.25) is 9.89 Å². The number of nitrogens with zero attached hydrogens (tertiary/aromatic N) is 3. The topological polar surface area (TPSA) is 108 Å². The summed E-state index contributed by atoms with van der Waals surface area (Å²) in [6.07, 6.45) is 0. The summed E-state index contributed by atoms with van der Waals surface area (Å²) in [7, 11) is 0. The van der Waals surface area contributed by atoms with Crippen LogP contribution in [0, 0.1) is 0 Å². The molecule has 1 aliphatic heterocycles. The van der Waals surface area contributed by atoms with Gasteiger partial charge in [-0.25, -0.2) is 0 Å². The fourth-order valence-electron chi connectivity index (χ4n) is 1.44. The largest absolute Gasteiger partial charge is 0.386 e. The fraction of sp³-hybridized carbons (Fsp3) is 0.571. The molecule has 1 aromatic rings. The summed E-state index contributed by atoms with van der Waals surface area (Å²) < 4.78 is 0. The standard InChI is InChI=1S/C7H11N5O2/c1-7(14)2-12(3-7)5(13)4-9-6(8)11-10-4/h14H,2-3H2,1H3,(H3,8,9,10,11). The van der Waals surface area contributed by atoms with Gasteiger partial charge >= 0.3 is 0 Å². The van der Waals surface area contributed by atoms with E-state index >= 15 is 0 Å². The number of likely N-dealkylation sites (tertiary alicyclic amines) is 1. The number of anilines is 1. The van der Waals surface area contributed by atoms with Crippen LogP contribution in [0.5, 0.6) is 0 Å². The van der Waals surface area contributed by atoms with Crippen LogP contribution >= 0.6 is 0 Å². The number of aromatic amines is 1.